The van der Waals surface area contributed by atoms with E-state index in [0.717, 1.165) is 16.4 Å². The molecular weight excluding hydrogens is 378 g/mol. The van der Waals surface area contributed by atoms with E-state index in [2.05, 4.69) is 36.5 Å². The van der Waals surface area contributed by atoms with Crippen molar-refractivity contribution in [3.63, 3.8) is 0 Å². The first-order valence-electron chi connectivity index (χ1n) is 8.83. The van der Waals surface area contributed by atoms with Crippen molar-refractivity contribution in [1.29, 1.82) is 0 Å². The van der Waals surface area contributed by atoms with Crippen molar-refractivity contribution in [2.45, 2.75) is 29.7 Å². The Morgan fingerprint density at radius 1 is 1.07 bits per heavy atom. The monoisotopic (exact) mass is 405 g/mol. The van der Waals surface area contributed by atoms with Gasteiger partial charge in [-0.15, -0.1) is 11.8 Å². The number of hydrogen-bond donors (Lipinski definition) is 1. The highest BCUT2D eigenvalue weighted by Gasteiger charge is 2.15. The van der Waals surface area contributed by atoms with E-state index < -0.39 is 0 Å². The van der Waals surface area contributed by atoms with Gasteiger partial charge in [0.1, 0.15) is 0 Å². The van der Waals surface area contributed by atoms with Crippen LogP contribution in [0.25, 0.3) is 0 Å². The van der Waals surface area contributed by atoms with E-state index in [1.807, 2.05) is 36.9 Å². The van der Waals surface area contributed by atoms with Crippen LogP contribution in [0.4, 0.5) is 0 Å². The van der Waals surface area contributed by atoms with E-state index in [4.69, 9.17) is 9.47 Å². The maximum absolute atomic E-state index is 12.3. The second kappa shape index (κ2) is 11.1. The molecule has 0 aliphatic heterocycles. The van der Waals surface area contributed by atoms with Gasteiger partial charge in [-0.2, -0.15) is 11.8 Å². The summed E-state index contributed by atoms with van der Waals surface area (Å²) >= 11 is 3.33. The minimum Gasteiger partial charge on any atom is -0.493 e. The summed E-state index contributed by atoms with van der Waals surface area (Å²) in [4.78, 5) is 13.3. The molecule has 0 saturated heterocycles. The SMILES string of the molecule is COc1ccc(S[C@H](C)C(=O)NCCSCc2ccc(C)cc2)cc1OC. The molecule has 2 aromatic carbocycles. The number of carbonyl (C=O) groups excluding carboxylic acids is 1. The molecule has 146 valence electrons. The minimum atomic E-state index is -0.176. The lowest BCUT2D eigenvalue weighted by Crippen LogP contribution is -2.32. The molecule has 0 saturated carbocycles. The Balaban J connectivity index is 1.71. The summed E-state index contributed by atoms with van der Waals surface area (Å²) in [6, 6.07) is 14.3. The van der Waals surface area contributed by atoms with Gasteiger partial charge in [0.15, 0.2) is 11.5 Å². The smallest absolute Gasteiger partial charge is 0.233 e. The lowest BCUT2D eigenvalue weighted by molar-refractivity contribution is -0.120. The predicted octanol–water partition coefficient (Wildman–Crippen LogP) is 4.54. The van der Waals surface area contributed by atoms with Gasteiger partial charge in [-0.25, -0.2) is 0 Å². The van der Waals surface area contributed by atoms with Crippen molar-refractivity contribution < 1.29 is 14.3 Å². The van der Waals surface area contributed by atoms with Gasteiger partial charge in [-0.05, 0) is 37.6 Å². The van der Waals surface area contributed by atoms with Crippen molar-refractivity contribution in [3.8, 4) is 11.5 Å². The molecule has 4 nitrogen and oxygen atoms in total. The number of ether oxygens (including phenoxy) is 2. The van der Waals surface area contributed by atoms with Crippen LogP contribution in [-0.2, 0) is 10.5 Å². The highest BCUT2D eigenvalue weighted by atomic mass is 32.2. The molecule has 0 radical (unpaired) electrons. The third kappa shape index (κ3) is 7.03. The van der Waals surface area contributed by atoms with Crippen molar-refractivity contribution in [2.24, 2.45) is 0 Å². The largest absolute Gasteiger partial charge is 0.493 e. The molecule has 0 heterocycles. The Morgan fingerprint density at radius 2 is 1.78 bits per heavy atom. The molecule has 6 heteroatoms. The highest BCUT2D eigenvalue weighted by Crippen LogP contribution is 2.33. The summed E-state index contributed by atoms with van der Waals surface area (Å²) in [7, 11) is 3.22. The Hall–Kier alpha value is -1.79. The van der Waals surface area contributed by atoms with Gasteiger partial charge in [-0.1, -0.05) is 29.8 Å². The average Bonchev–Trinajstić information content (AvgIpc) is 2.68. The van der Waals surface area contributed by atoms with Crippen LogP contribution in [0.15, 0.2) is 47.4 Å². The summed E-state index contributed by atoms with van der Waals surface area (Å²) in [5, 5.41) is 2.84. The first-order valence-corrected chi connectivity index (χ1v) is 10.9. The van der Waals surface area contributed by atoms with E-state index >= 15 is 0 Å². The van der Waals surface area contributed by atoms with Crippen LogP contribution in [0.5, 0.6) is 11.5 Å². The number of benzene rings is 2. The molecule has 2 aromatic rings. The number of thioether (sulfide) groups is 2. The maximum atomic E-state index is 12.3. The summed E-state index contributed by atoms with van der Waals surface area (Å²) in [5.74, 6) is 3.26. The molecule has 0 fully saturated rings. The third-order valence-corrected chi connectivity index (χ3v) is 6.10. The average molecular weight is 406 g/mol. The van der Waals surface area contributed by atoms with Crippen molar-refractivity contribution in [2.75, 3.05) is 26.5 Å². The summed E-state index contributed by atoms with van der Waals surface area (Å²) < 4.78 is 10.6. The first-order chi connectivity index (χ1) is 13.0. The van der Waals surface area contributed by atoms with Gasteiger partial charge in [0.25, 0.3) is 0 Å². The molecule has 0 bridgehead atoms. The van der Waals surface area contributed by atoms with Crippen LogP contribution in [0.3, 0.4) is 0 Å². The van der Waals surface area contributed by atoms with Gasteiger partial charge in [0, 0.05) is 22.9 Å². The lowest BCUT2D eigenvalue weighted by Gasteiger charge is -2.14. The number of rotatable bonds is 10. The van der Waals surface area contributed by atoms with Crippen LogP contribution in [0.2, 0.25) is 0 Å². The van der Waals surface area contributed by atoms with E-state index in [0.29, 0.717) is 18.0 Å². The van der Waals surface area contributed by atoms with E-state index in [-0.39, 0.29) is 11.2 Å². The Kier molecular flexibility index (Phi) is 8.88. The normalized spacial score (nSPS) is 11.7. The summed E-state index contributed by atoms with van der Waals surface area (Å²) in [6.07, 6.45) is 0. The molecule has 1 amide bonds. The van der Waals surface area contributed by atoms with Crippen LogP contribution in [0.1, 0.15) is 18.1 Å². The topological polar surface area (TPSA) is 47.6 Å². The standard InChI is InChI=1S/C21H27NO3S2/c1-15-5-7-17(8-6-15)14-26-12-11-22-21(23)16(2)27-18-9-10-19(24-3)20(13-18)25-4/h5-10,13,16H,11-12,14H2,1-4H3,(H,22,23)/t16-/m1/s1. The van der Waals surface area contributed by atoms with Gasteiger partial charge in [-0.3, -0.25) is 4.79 Å². The third-order valence-electron chi connectivity index (χ3n) is 3.97. The highest BCUT2D eigenvalue weighted by molar-refractivity contribution is 8.00. The summed E-state index contributed by atoms with van der Waals surface area (Å²) in [6.45, 7) is 4.68. The zero-order chi connectivity index (χ0) is 19.6. The van der Waals surface area contributed by atoms with Gasteiger partial charge in [0.05, 0.1) is 19.5 Å². The van der Waals surface area contributed by atoms with Gasteiger partial charge >= 0.3 is 0 Å². The zero-order valence-electron chi connectivity index (χ0n) is 16.3. The Labute approximate surface area is 170 Å². The van der Waals surface area contributed by atoms with Crippen LogP contribution in [-0.4, -0.2) is 37.7 Å². The Bertz CT molecular complexity index is 735. The second-order valence-electron chi connectivity index (χ2n) is 6.11. The molecule has 1 N–H and O–H groups in total. The lowest BCUT2D eigenvalue weighted by atomic mass is 10.2. The number of methoxy groups -OCH3 is 2. The molecule has 0 aliphatic rings. The number of carbonyl (C=O) groups is 1. The molecule has 27 heavy (non-hydrogen) atoms. The molecule has 0 unspecified atom stereocenters. The zero-order valence-corrected chi connectivity index (χ0v) is 17.9. The fourth-order valence-electron chi connectivity index (χ4n) is 2.41. The second-order valence-corrected chi connectivity index (χ2v) is 8.63. The number of aryl methyl sites for hydroxylation is 1. The fraction of sp³-hybridized carbons (Fsp3) is 0.381. The fourth-order valence-corrected chi connectivity index (χ4v) is 4.15. The predicted molar refractivity (Wildman–Crippen MR) is 115 cm³/mol. The van der Waals surface area contributed by atoms with E-state index in [9.17, 15) is 4.79 Å². The minimum absolute atomic E-state index is 0.0470. The molecule has 0 aromatic heterocycles. The van der Waals surface area contributed by atoms with Gasteiger partial charge in [0.2, 0.25) is 5.91 Å². The van der Waals surface area contributed by atoms with Crippen molar-refractivity contribution in [1.82, 2.24) is 5.32 Å². The van der Waals surface area contributed by atoms with Crippen LogP contribution in [0, 0.1) is 6.92 Å². The quantitative estimate of drug-likeness (QED) is 0.464. The molecule has 2 rings (SSSR count). The maximum Gasteiger partial charge on any atom is 0.233 e. The molecule has 0 spiro atoms. The van der Waals surface area contributed by atoms with Crippen molar-refractivity contribution in [3.05, 3.63) is 53.6 Å². The number of amides is 1. The van der Waals surface area contributed by atoms with E-state index in [1.165, 1.54) is 22.9 Å². The summed E-state index contributed by atoms with van der Waals surface area (Å²) in [5.41, 5.74) is 2.59. The molecule has 0 aliphatic carbocycles. The molecule has 1 atom stereocenters. The first kappa shape index (κ1) is 21.5. The van der Waals surface area contributed by atoms with Crippen LogP contribution < -0.4 is 14.8 Å². The van der Waals surface area contributed by atoms with Crippen LogP contribution >= 0.6 is 23.5 Å². The number of nitrogens with one attached hydrogen (secondary N) is 1. The van der Waals surface area contributed by atoms with Crippen molar-refractivity contribution >= 4 is 29.4 Å². The van der Waals surface area contributed by atoms with E-state index in [1.54, 1.807) is 14.2 Å². The number of hydrogen-bond acceptors (Lipinski definition) is 5. The van der Waals surface area contributed by atoms with Gasteiger partial charge < -0.3 is 14.8 Å². The Morgan fingerprint density at radius 3 is 2.44 bits per heavy atom. The molecular formula is C21H27NO3S2.